The second-order valence-electron chi connectivity index (χ2n) is 7.85. The lowest BCUT2D eigenvalue weighted by molar-refractivity contribution is -0.119. The molecule has 4 bridgehead atoms. The largest absolute Gasteiger partial charge is 0.395 e. The first-order valence-electron chi connectivity index (χ1n) is 10.1. The van der Waals surface area contributed by atoms with Crippen LogP contribution in [0.2, 0.25) is 0 Å². The summed E-state index contributed by atoms with van der Waals surface area (Å²) in [5.74, 6) is 7.75. The maximum Gasteiger partial charge on any atom is 0.252 e. The summed E-state index contributed by atoms with van der Waals surface area (Å²) in [6.07, 6.45) is 1.63. The Morgan fingerprint density at radius 2 is 2.06 bits per heavy atom. The third kappa shape index (κ3) is 3.90. The number of nitrogens with one attached hydrogen (secondary N) is 4. The van der Waals surface area contributed by atoms with Gasteiger partial charge in [0.2, 0.25) is 0 Å². The van der Waals surface area contributed by atoms with Gasteiger partial charge in [-0.2, -0.15) is 0 Å². The van der Waals surface area contributed by atoms with Crippen molar-refractivity contribution < 1.29 is 9.53 Å². The van der Waals surface area contributed by atoms with E-state index in [0.717, 1.165) is 5.56 Å². The molecular weight excluding hydrogens is 398 g/mol. The van der Waals surface area contributed by atoms with Crippen LogP contribution in [0.5, 0.6) is 0 Å². The molecule has 1 amide bonds. The Hall–Kier alpha value is -3.28. The maximum atomic E-state index is 13.0. The van der Waals surface area contributed by atoms with Crippen LogP contribution < -0.4 is 38.0 Å². The Labute approximate surface area is 181 Å². The highest BCUT2D eigenvalue weighted by Gasteiger charge is 2.34. The summed E-state index contributed by atoms with van der Waals surface area (Å²) in [6.45, 7) is 4.57. The molecule has 11 nitrogen and oxygen atoms in total. The van der Waals surface area contributed by atoms with Gasteiger partial charge in [0.25, 0.3) is 5.91 Å². The van der Waals surface area contributed by atoms with Crippen molar-refractivity contribution >= 4 is 28.8 Å². The number of amidine groups is 1. The van der Waals surface area contributed by atoms with Gasteiger partial charge in [0, 0.05) is 26.7 Å². The predicted octanol–water partition coefficient (Wildman–Crippen LogP) is -0.0813. The third-order valence-electron chi connectivity index (χ3n) is 5.63. The Balaban J connectivity index is 1.83. The summed E-state index contributed by atoms with van der Waals surface area (Å²) < 4.78 is 6.03. The maximum absolute atomic E-state index is 13.0. The minimum Gasteiger partial charge on any atom is -0.395 e. The van der Waals surface area contributed by atoms with Gasteiger partial charge in [-0.25, -0.2) is 16.3 Å². The molecule has 11 heteroatoms. The summed E-state index contributed by atoms with van der Waals surface area (Å²) >= 11 is 0. The molecule has 2 unspecified atom stereocenters. The first kappa shape index (κ1) is 21.0. The average Bonchev–Trinajstić information content (AvgIpc) is 3.16. The van der Waals surface area contributed by atoms with Crippen molar-refractivity contribution in [2.24, 2.45) is 10.8 Å². The zero-order valence-electron chi connectivity index (χ0n) is 18.1. The number of amides is 1. The number of hydrazine groups is 2. The molecule has 3 aliphatic heterocycles. The molecule has 3 heterocycles. The van der Waals surface area contributed by atoms with Gasteiger partial charge < -0.3 is 31.4 Å². The number of aliphatic imine (C=N–C) groups is 1. The molecule has 2 atom stereocenters. The lowest BCUT2D eigenvalue weighted by Crippen LogP contribution is -2.45. The summed E-state index contributed by atoms with van der Waals surface area (Å²) in [5.41, 5.74) is 12.9. The SMILES string of the molecule is CN=C1C=C2NC3=C(CNN13)C(=O)NC(C)C(C)OCc1cc(c(N)c(N(C)N)c1)N2. The number of hydrogen-bond donors (Lipinski definition) is 6. The Kier molecular flexibility index (Phi) is 5.48. The van der Waals surface area contributed by atoms with Crippen LogP contribution in [0, 0.1) is 0 Å². The van der Waals surface area contributed by atoms with Crippen molar-refractivity contribution in [1.29, 1.82) is 0 Å². The van der Waals surface area contributed by atoms with E-state index in [4.69, 9.17) is 16.3 Å². The molecule has 31 heavy (non-hydrogen) atoms. The van der Waals surface area contributed by atoms with Crippen LogP contribution in [0.3, 0.4) is 0 Å². The van der Waals surface area contributed by atoms with Gasteiger partial charge >= 0.3 is 0 Å². The van der Waals surface area contributed by atoms with Crippen LogP contribution in [0.4, 0.5) is 17.1 Å². The first-order chi connectivity index (χ1) is 14.8. The van der Waals surface area contributed by atoms with E-state index in [1.807, 2.05) is 32.1 Å². The van der Waals surface area contributed by atoms with E-state index in [2.05, 4.69) is 26.4 Å². The lowest BCUT2D eigenvalue weighted by Gasteiger charge is -2.30. The van der Waals surface area contributed by atoms with Gasteiger partial charge in [0.1, 0.15) is 17.5 Å². The molecule has 1 aromatic rings. The molecule has 0 radical (unpaired) electrons. The second-order valence-corrected chi connectivity index (χ2v) is 7.85. The zero-order chi connectivity index (χ0) is 22.3. The fourth-order valence-electron chi connectivity index (χ4n) is 3.66. The number of fused-ring (bicyclic) bond motifs is 3. The number of carbonyl (C=O) groups is 1. The van der Waals surface area contributed by atoms with Crippen molar-refractivity contribution in [3.05, 3.63) is 41.0 Å². The minimum atomic E-state index is -0.210. The number of nitrogen functional groups attached to an aromatic ring is 1. The van der Waals surface area contributed by atoms with Gasteiger partial charge in [0.05, 0.1) is 41.4 Å². The van der Waals surface area contributed by atoms with Gasteiger partial charge in [-0.05, 0) is 31.5 Å². The Morgan fingerprint density at radius 1 is 1.29 bits per heavy atom. The standard InChI is InChI=1S/C20H29N9O2/c1-10-11(2)31-9-12-5-14(18(21)15(6-12)28(4)22)26-16-7-17(23-3)29-19(27-16)13(8-24-29)20(30)25-10/h5-7,10-11,24,26-27H,8-9,21-22H2,1-4H3,(H,25,30). The molecule has 0 fully saturated rings. The van der Waals surface area contributed by atoms with E-state index in [0.29, 0.717) is 53.3 Å². The molecular formula is C20H29N9O2. The highest BCUT2D eigenvalue weighted by molar-refractivity contribution is 6.01. The predicted molar refractivity (Wildman–Crippen MR) is 120 cm³/mol. The van der Waals surface area contributed by atoms with E-state index in [1.54, 1.807) is 19.1 Å². The molecule has 0 aromatic heterocycles. The van der Waals surface area contributed by atoms with Gasteiger partial charge in [-0.3, -0.25) is 9.79 Å². The number of rotatable bonds is 1. The fourth-order valence-corrected chi connectivity index (χ4v) is 3.66. The van der Waals surface area contributed by atoms with Crippen LogP contribution in [0.15, 0.2) is 40.4 Å². The first-order valence-corrected chi connectivity index (χ1v) is 10.1. The van der Waals surface area contributed by atoms with Crippen LogP contribution in [-0.4, -0.2) is 49.5 Å². The number of anilines is 3. The highest BCUT2D eigenvalue weighted by Crippen LogP contribution is 2.33. The van der Waals surface area contributed by atoms with Crippen LogP contribution in [0.1, 0.15) is 19.4 Å². The number of benzene rings is 1. The smallest absolute Gasteiger partial charge is 0.252 e. The fraction of sp³-hybridized carbons (Fsp3) is 0.400. The van der Waals surface area contributed by atoms with Crippen molar-refractivity contribution in [3.8, 4) is 0 Å². The van der Waals surface area contributed by atoms with E-state index in [-0.39, 0.29) is 18.1 Å². The topological polar surface area (TPSA) is 145 Å². The highest BCUT2D eigenvalue weighted by atomic mass is 16.5. The third-order valence-corrected chi connectivity index (χ3v) is 5.63. The Morgan fingerprint density at radius 3 is 2.77 bits per heavy atom. The van der Waals surface area contributed by atoms with Crippen LogP contribution >= 0.6 is 0 Å². The van der Waals surface area contributed by atoms with Gasteiger partial charge in [-0.15, -0.1) is 0 Å². The van der Waals surface area contributed by atoms with E-state index in [1.165, 1.54) is 5.01 Å². The molecule has 8 N–H and O–H groups in total. The average molecular weight is 428 g/mol. The zero-order valence-corrected chi connectivity index (χ0v) is 18.1. The number of ether oxygens (including phenoxy) is 1. The summed E-state index contributed by atoms with van der Waals surface area (Å²) in [4.78, 5) is 17.3. The van der Waals surface area contributed by atoms with E-state index in [9.17, 15) is 4.79 Å². The normalized spacial score (nSPS) is 24.8. The van der Waals surface area contributed by atoms with E-state index >= 15 is 0 Å². The monoisotopic (exact) mass is 427 g/mol. The Bertz CT molecular complexity index is 999. The lowest BCUT2D eigenvalue weighted by atomic mass is 10.1. The molecule has 0 saturated heterocycles. The number of nitrogens with two attached hydrogens (primary N) is 2. The van der Waals surface area contributed by atoms with Crippen molar-refractivity contribution in [3.63, 3.8) is 0 Å². The van der Waals surface area contributed by atoms with E-state index < -0.39 is 0 Å². The summed E-state index contributed by atoms with van der Waals surface area (Å²) in [6, 6.07) is 3.63. The number of nitrogens with zero attached hydrogens (tertiary/aromatic N) is 3. The molecule has 0 aliphatic carbocycles. The van der Waals surface area contributed by atoms with Crippen molar-refractivity contribution in [2.45, 2.75) is 32.6 Å². The molecule has 0 spiro atoms. The number of hydrogen-bond acceptors (Lipinski definition) is 9. The van der Waals surface area contributed by atoms with Crippen molar-refractivity contribution in [2.75, 3.05) is 36.7 Å². The molecule has 166 valence electrons. The number of carbonyl (C=O) groups excluding carboxylic acids is 1. The molecule has 0 saturated carbocycles. The quantitative estimate of drug-likeness (QED) is 0.206. The molecule has 4 rings (SSSR count). The second kappa shape index (κ2) is 8.10. The minimum absolute atomic E-state index is 0.167. The van der Waals surface area contributed by atoms with Gasteiger partial charge in [0.15, 0.2) is 0 Å². The molecule has 3 aliphatic rings. The van der Waals surface area contributed by atoms with Crippen molar-refractivity contribution in [1.82, 2.24) is 21.1 Å². The summed E-state index contributed by atoms with van der Waals surface area (Å²) in [7, 11) is 3.43. The van der Waals surface area contributed by atoms with Crippen LogP contribution in [0.25, 0.3) is 0 Å². The van der Waals surface area contributed by atoms with Gasteiger partial charge in [-0.1, -0.05) is 0 Å². The molecule has 1 aromatic carbocycles. The van der Waals surface area contributed by atoms with Crippen LogP contribution in [-0.2, 0) is 16.1 Å². The summed E-state index contributed by atoms with van der Waals surface area (Å²) in [5, 5.41) is 12.9.